The molecule has 1 saturated heterocycles. The first-order valence-corrected chi connectivity index (χ1v) is 7.09. The number of rotatable bonds is 3. The van der Waals surface area contributed by atoms with Gasteiger partial charge in [0.25, 0.3) is 0 Å². The van der Waals surface area contributed by atoms with Crippen LogP contribution in [0.4, 0.5) is 0 Å². The van der Waals surface area contributed by atoms with Gasteiger partial charge in [-0.1, -0.05) is 11.6 Å². The molecule has 0 bridgehead atoms. The number of piperidine rings is 1. The first-order valence-electron chi connectivity index (χ1n) is 5.30. The van der Waals surface area contributed by atoms with Gasteiger partial charge in [-0.15, -0.1) is 22.9 Å². The van der Waals surface area contributed by atoms with Crippen molar-refractivity contribution in [3.8, 4) is 0 Å². The Morgan fingerprint density at radius 2 is 2.13 bits per heavy atom. The lowest BCUT2D eigenvalue weighted by molar-refractivity contribution is 0.188. The van der Waals surface area contributed by atoms with Gasteiger partial charge in [0.1, 0.15) is 0 Å². The van der Waals surface area contributed by atoms with E-state index >= 15 is 0 Å². The van der Waals surface area contributed by atoms with Crippen LogP contribution in [0, 0.1) is 5.92 Å². The normalized spacial score (nSPS) is 19.6. The van der Waals surface area contributed by atoms with E-state index in [4.69, 9.17) is 23.2 Å². The summed E-state index contributed by atoms with van der Waals surface area (Å²) in [6, 6.07) is 1.98. The second kappa shape index (κ2) is 5.53. The van der Waals surface area contributed by atoms with Gasteiger partial charge in [0.2, 0.25) is 0 Å². The van der Waals surface area contributed by atoms with Crippen LogP contribution in [0.2, 0.25) is 5.02 Å². The van der Waals surface area contributed by atoms with Crippen LogP contribution in [0.25, 0.3) is 0 Å². The van der Waals surface area contributed by atoms with E-state index in [0.29, 0.717) is 0 Å². The average molecular weight is 264 g/mol. The van der Waals surface area contributed by atoms with Gasteiger partial charge in [0.15, 0.2) is 0 Å². The summed E-state index contributed by atoms with van der Waals surface area (Å²) in [4.78, 5) is 3.77. The van der Waals surface area contributed by atoms with Gasteiger partial charge < -0.3 is 0 Å². The summed E-state index contributed by atoms with van der Waals surface area (Å²) in [5, 5.41) is 2.97. The Morgan fingerprint density at radius 1 is 1.40 bits per heavy atom. The van der Waals surface area contributed by atoms with E-state index in [9.17, 15) is 0 Å². The predicted molar refractivity (Wildman–Crippen MR) is 68.1 cm³/mol. The monoisotopic (exact) mass is 263 g/mol. The summed E-state index contributed by atoms with van der Waals surface area (Å²) in [6.07, 6.45) is 2.46. The van der Waals surface area contributed by atoms with Gasteiger partial charge in [0, 0.05) is 17.3 Å². The Morgan fingerprint density at radius 3 is 2.67 bits per heavy atom. The molecule has 1 fully saturated rings. The fourth-order valence-corrected chi connectivity index (χ4v) is 3.39. The molecule has 1 aliphatic rings. The van der Waals surface area contributed by atoms with Crippen molar-refractivity contribution in [2.75, 3.05) is 19.0 Å². The third-order valence-corrected chi connectivity index (χ3v) is 4.79. The smallest absolute Gasteiger partial charge is 0.0558 e. The van der Waals surface area contributed by atoms with Crippen LogP contribution in [0.15, 0.2) is 11.4 Å². The van der Waals surface area contributed by atoms with Gasteiger partial charge >= 0.3 is 0 Å². The molecule has 1 aromatic heterocycles. The molecule has 0 aliphatic carbocycles. The molecule has 0 spiro atoms. The molecular formula is C11H15Cl2NS. The van der Waals surface area contributed by atoms with Crippen molar-refractivity contribution in [1.82, 2.24) is 4.90 Å². The van der Waals surface area contributed by atoms with E-state index in [2.05, 4.69) is 10.3 Å². The van der Waals surface area contributed by atoms with Crippen molar-refractivity contribution in [2.45, 2.75) is 19.4 Å². The van der Waals surface area contributed by atoms with Crippen LogP contribution >= 0.6 is 34.5 Å². The molecule has 1 aromatic rings. The average Bonchev–Trinajstić information content (AvgIpc) is 2.66. The van der Waals surface area contributed by atoms with E-state index in [1.54, 1.807) is 11.3 Å². The number of hydrogen-bond donors (Lipinski definition) is 0. The van der Waals surface area contributed by atoms with Gasteiger partial charge in [-0.3, -0.25) is 4.90 Å². The molecule has 2 heterocycles. The molecule has 1 aliphatic heterocycles. The quantitative estimate of drug-likeness (QED) is 0.749. The van der Waals surface area contributed by atoms with Gasteiger partial charge in [-0.05, 0) is 43.3 Å². The Balaban J connectivity index is 1.85. The number of alkyl halides is 1. The van der Waals surface area contributed by atoms with Crippen molar-refractivity contribution in [2.24, 2.45) is 5.92 Å². The maximum Gasteiger partial charge on any atom is 0.0558 e. The predicted octanol–water partition coefficient (Wildman–Crippen LogP) is 3.85. The minimum absolute atomic E-state index is 0.724. The number of thiophene rings is 1. The standard InChI is InChI=1S/C11H15Cl2NS/c12-7-9-1-4-14(5-2-9)8-11-10(13)3-6-15-11/h3,6,9H,1-2,4-5,7-8H2. The highest BCUT2D eigenvalue weighted by atomic mass is 35.5. The Bertz CT molecular complexity index is 305. The summed E-state index contributed by atoms with van der Waals surface area (Å²) < 4.78 is 0. The molecule has 0 unspecified atom stereocenters. The zero-order valence-electron chi connectivity index (χ0n) is 8.59. The van der Waals surface area contributed by atoms with Gasteiger partial charge in [-0.2, -0.15) is 0 Å². The molecule has 15 heavy (non-hydrogen) atoms. The summed E-state index contributed by atoms with van der Waals surface area (Å²) in [7, 11) is 0. The fourth-order valence-electron chi connectivity index (χ4n) is 1.94. The maximum atomic E-state index is 6.08. The third kappa shape index (κ3) is 3.10. The van der Waals surface area contributed by atoms with E-state index in [1.807, 2.05) is 6.07 Å². The zero-order valence-corrected chi connectivity index (χ0v) is 10.9. The van der Waals surface area contributed by atoms with Crippen molar-refractivity contribution in [3.63, 3.8) is 0 Å². The molecule has 0 N–H and O–H groups in total. The molecule has 84 valence electrons. The molecule has 0 radical (unpaired) electrons. The van der Waals surface area contributed by atoms with Crippen LogP contribution in [-0.4, -0.2) is 23.9 Å². The summed E-state index contributed by atoms with van der Waals surface area (Å²) in [5.74, 6) is 1.54. The van der Waals surface area contributed by atoms with E-state index < -0.39 is 0 Å². The van der Waals surface area contributed by atoms with Crippen molar-refractivity contribution in [3.05, 3.63) is 21.3 Å². The van der Waals surface area contributed by atoms with Crippen molar-refractivity contribution >= 4 is 34.5 Å². The zero-order chi connectivity index (χ0) is 10.7. The second-order valence-corrected chi connectivity index (χ2v) is 5.78. The second-order valence-electron chi connectivity index (χ2n) is 4.07. The maximum absolute atomic E-state index is 6.08. The Hall–Kier alpha value is 0.240. The molecule has 0 aromatic carbocycles. The lowest BCUT2D eigenvalue weighted by Gasteiger charge is -2.30. The largest absolute Gasteiger partial charge is 0.298 e. The number of likely N-dealkylation sites (tertiary alicyclic amines) is 1. The highest BCUT2D eigenvalue weighted by Gasteiger charge is 2.19. The van der Waals surface area contributed by atoms with Crippen LogP contribution < -0.4 is 0 Å². The topological polar surface area (TPSA) is 3.24 Å². The minimum Gasteiger partial charge on any atom is -0.298 e. The molecule has 2 rings (SSSR count). The van der Waals surface area contributed by atoms with Crippen LogP contribution in [-0.2, 0) is 6.54 Å². The van der Waals surface area contributed by atoms with Crippen molar-refractivity contribution < 1.29 is 0 Å². The lowest BCUT2D eigenvalue weighted by Crippen LogP contribution is -2.33. The van der Waals surface area contributed by atoms with Crippen molar-refractivity contribution in [1.29, 1.82) is 0 Å². The lowest BCUT2D eigenvalue weighted by atomic mass is 9.99. The van der Waals surface area contributed by atoms with Gasteiger partial charge in [0.05, 0.1) is 5.02 Å². The van der Waals surface area contributed by atoms with E-state index in [-0.39, 0.29) is 0 Å². The van der Waals surface area contributed by atoms with E-state index in [1.165, 1.54) is 17.7 Å². The molecule has 4 heteroatoms. The Kier molecular flexibility index (Phi) is 4.32. The number of nitrogens with zero attached hydrogens (tertiary/aromatic N) is 1. The SMILES string of the molecule is ClCC1CCN(Cc2sccc2Cl)CC1. The molecule has 0 atom stereocenters. The molecule has 0 amide bonds. The minimum atomic E-state index is 0.724. The summed E-state index contributed by atoms with van der Waals surface area (Å²) in [6.45, 7) is 3.32. The highest BCUT2D eigenvalue weighted by Crippen LogP contribution is 2.26. The van der Waals surface area contributed by atoms with Crippen LogP contribution in [0.3, 0.4) is 0 Å². The third-order valence-electron chi connectivity index (χ3n) is 2.98. The van der Waals surface area contributed by atoms with Crippen LogP contribution in [0.1, 0.15) is 17.7 Å². The number of hydrogen-bond acceptors (Lipinski definition) is 2. The van der Waals surface area contributed by atoms with Gasteiger partial charge in [-0.25, -0.2) is 0 Å². The van der Waals surface area contributed by atoms with Crippen LogP contribution in [0.5, 0.6) is 0 Å². The summed E-state index contributed by atoms with van der Waals surface area (Å²) in [5.41, 5.74) is 0. The molecule has 0 saturated carbocycles. The first-order chi connectivity index (χ1) is 7.29. The highest BCUT2D eigenvalue weighted by molar-refractivity contribution is 7.10. The molecular weight excluding hydrogens is 249 g/mol. The van der Waals surface area contributed by atoms with E-state index in [0.717, 1.165) is 36.5 Å². The number of halogens is 2. The Labute approximate surface area is 105 Å². The fraction of sp³-hybridized carbons (Fsp3) is 0.636. The molecule has 1 nitrogen and oxygen atoms in total. The first kappa shape index (κ1) is 11.7. The summed E-state index contributed by atoms with van der Waals surface area (Å²) >= 11 is 13.7.